The van der Waals surface area contributed by atoms with Gasteiger partial charge in [0, 0.05) is 16.5 Å². The van der Waals surface area contributed by atoms with Gasteiger partial charge in [-0.2, -0.15) is 0 Å². The van der Waals surface area contributed by atoms with E-state index in [4.69, 9.17) is 16.2 Å². The van der Waals surface area contributed by atoms with Gasteiger partial charge in [-0.3, -0.25) is 0 Å². The van der Waals surface area contributed by atoms with Crippen molar-refractivity contribution in [2.75, 3.05) is 0 Å². The van der Waals surface area contributed by atoms with Crippen LogP contribution in [0.25, 0.3) is 11.1 Å². The lowest BCUT2D eigenvalue weighted by Gasteiger charge is -2.43. The Morgan fingerprint density at radius 2 is 1.39 bits per heavy atom. The molecule has 4 N–H and O–H groups in total. The van der Waals surface area contributed by atoms with Crippen molar-refractivity contribution in [1.29, 1.82) is 0 Å². The molecule has 1 spiro atoms. The molecule has 5 rings (SSSR count). The number of para-hydroxylation sites is 1. The summed E-state index contributed by atoms with van der Waals surface area (Å²) < 4.78 is 6.31. The highest BCUT2D eigenvalue weighted by Crippen LogP contribution is 2.55. The van der Waals surface area contributed by atoms with Crippen LogP contribution >= 0.6 is 0 Å². The zero-order valence-corrected chi connectivity index (χ0v) is 16.0. The van der Waals surface area contributed by atoms with Crippen molar-refractivity contribution < 1.29 is 4.74 Å². The Kier molecular flexibility index (Phi) is 4.22. The van der Waals surface area contributed by atoms with E-state index < -0.39 is 6.17 Å². The van der Waals surface area contributed by atoms with E-state index in [1.54, 1.807) is 0 Å². The van der Waals surface area contributed by atoms with Crippen molar-refractivity contribution in [2.24, 2.45) is 11.5 Å². The molecule has 1 heterocycles. The molecule has 3 aromatic rings. The number of rotatable bonds is 2. The Bertz CT molecular complexity index is 1000. The monoisotopic (exact) mass is 370 g/mol. The Balaban J connectivity index is 1.63. The Hall–Kier alpha value is -2.62. The maximum absolute atomic E-state index is 6.31. The molecule has 0 radical (unpaired) electrons. The fourth-order valence-electron chi connectivity index (χ4n) is 4.98. The molecule has 142 valence electrons. The minimum atomic E-state index is -0.437. The molecule has 0 saturated heterocycles. The molecular formula is C25H26N2O. The van der Waals surface area contributed by atoms with E-state index in [-0.39, 0.29) is 5.41 Å². The molecule has 1 aliphatic carbocycles. The standard InChI is InChI=1S/C25H26N2O/c26-24(27)18-10-8-17(9-11-18)19-12-13-23-21(16-19)25(14-4-1-5-15-25)20-6-2-3-7-22(20)28-23/h2-3,6-13,16,24H,1,4-5,14-15,26-27H2. The summed E-state index contributed by atoms with van der Waals surface area (Å²) in [5.41, 5.74) is 17.7. The molecule has 3 nitrogen and oxygen atoms in total. The Labute approximate surface area is 166 Å². The summed E-state index contributed by atoms with van der Waals surface area (Å²) in [6.45, 7) is 0. The third-order valence-corrected chi connectivity index (χ3v) is 6.45. The van der Waals surface area contributed by atoms with E-state index >= 15 is 0 Å². The average Bonchev–Trinajstić information content (AvgIpc) is 2.75. The second-order valence-corrected chi connectivity index (χ2v) is 8.10. The molecule has 1 fully saturated rings. The minimum Gasteiger partial charge on any atom is -0.457 e. The summed E-state index contributed by atoms with van der Waals surface area (Å²) in [6, 6.07) is 23.5. The van der Waals surface area contributed by atoms with E-state index in [9.17, 15) is 0 Å². The highest BCUT2D eigenvalue weighted by atomic mass is 16.5. The molecule has 3 heteroatoms. The van der Waals surface area contributed by atoms with Crippen molar-refractivity contribution in [2.45, 2.75) is 43.7 Å². The molecule has 2 aliphatic rings. The van der Waals surface area contributed by atoms with Crippen LogP contribution in [-0.2, 0) is 5.41 Å². The zero-order valence-electron chi connectivity index (χ0n) is 16.0. The lowest BCUT2D eigenvalue weighted by atomic mass is 9.63. The molecule has 0 aromatic heterocycles. The highest BCUT2D eigenvalue weighted by molar-refractivity contribution is 5.69. The predicted molar refractivity (Wildman–Crippen MR) is 113 cm³/mol. The summed E-state index contributed by atoms with van der Waals surface area (Å²) in [5.74, 6) is 2.02. The van der Waals surface area contributed by atoms with Crippen LogP contribution in [0.5, 0.6) is 11.5 Å². The van der Waals surface area contributed by atoms with E-state index in [0.717, 1.165) is 17.1 Å². The first kappa shape index (κ1) is 17.5. The van der Waals surface area contributed by atoms with Crippen LogP contribution in [0.1, 0.15) is 55.0 Å². The van der Waals surface area contributed by atoms with Gasteiger partial charge in [-0.25, -0.2) is 0 Å². The van der Waals surface area contributed by atoms with Crippen molar-refractivity contribution in [3.63, 3.8) is 0 Å². The molecule has 1 saturated carbocycles. The number of ether oxygens (including phenoxy) is 1. The van der Waals surface area contributed by atoms with Gasteiger partial charge in [-0.15, -0.1) is 0 Å². The summed E-state index contributed by atoms with van der Waals surface area (Å²) in [6.07, 6.45) is 5.78. The molecule has 0 amide bonds. The highest BCUT2D eigenvalue weighted by Gasteiger charge is 2.42. The Morgan fingerprint density at radius 3 is 2.14 bits per heavy atom. The number of nitrogens with two attached hydrogens (primary N) is 2. The van der Waals surface area contributed by atoms with Crippen molar-refractivity contribution in [3.05, 3.63) is 83.4 Å². The topological polar surface area (TPSA) is 61.3 Å². The van der Waals surface area contributed by atoms with Crippen LogP contribution in [0, 0.1) is 0 Å². The van der Waals surface area contributed by atoms with Gasteiger partial charge in [0.2, 0.25) is 0 Å². The van der Waals surface area contributed by atoms with Crippen LogP contribution in [-0.4, -0.2) is 0 Å². The molecule has 1 aliphatic heterocycles. The van der Waals surface area contributed by atoms with Crippen molar-refractivity contribution >= 4 is 0 Å². The molecule has 28 heavy (non-hydrogen) atoms. The van der Waals surface area contributed by atoms with E-state index in [0.29, 0.717) is 0 Å². The second kappa shape index (κ2) is 6.77. The fraction of sp³-hybridized carbons (Fsp3) is 0.280. The van der Waals surface area contributed by atoms with Gasteiger partial charge in [0.15, 0.2) is 0 Å². The first-order valence-electron chi connectivity index (χ1n) is 10.2. The van der Waals surface area contributed by atoms with Crippen LogP contribution in [0.15, 0.2) is 66.7 Å². The lowest BCUT2D eigenvalue weighted by molar-refractivity contribution is 0.306. The first-order valence-corrected chi connectivity index (χ1v) is 10.2. The van der Waals surface area contributed by atoms with Gasteiger partial charge in [0.05, 0.1) is 6.17 Å². The number of hydrogen-bond acceptors (Lipinski definition) is 3. The zero-order chi connectivity index (χ0) is 19.1. The van der Waals surface area contributed by atoms with Crippen LogP contribution in [0.2, 0.25) is 0 Å². The fourth-order valence-corrected chi connectivity index (χ4v) is 4.98. The number of hydrogen-bond donors (Lipinski definition) is 2. The quantitative estimate of drug-likeness (QED) is 0.575. The van der Waals surface area contributed by atoms with E-state index in [1.807, 2.05) is 12.1 Å². The van der Waals surface area contributed by atoms with Crippen LogP contribution < -0.4 is 16.2 Å². The van der Waals surface area contributed by atoms with Gasteiger partial charge < -0.3 is 16.2 Å². The van der Waals surface area contributed by atoms with E-state index in [1.165, 1.54) is 54.4 Å². The van der Waals surface area contributed by atoms with Crippen LogP contribution in [0.3, 0.4) is 0 Å². The summed E-state index contributed by atoms with van der Waals surface area (Å²) in [7, 11) is 0. The van der Waals surface area contributed by atoms with Gasteiger partial charge in [0.25, 0.3) is 0 Å². The summed E-state index contributed by atoms with van der Waals surface area (Å²) >= 11 is 0. The third kappa shape index (κ3) is 2.74. The molecule has 3 aromatic carbocycles. The smallest absolute Gasteiger partial charge is 0.131 e. The lowest BCUT2D eigenvalue weighted by Crippen LogP contribution is -2.33. The molecular weight excluding hydrogens is 344 g/mol. The summed E-state index contributed by atoms with van der Waals surface area (Å²) in [4.78, 5) is 0. The largest absolute Gasteiger partial charge is 0.457 e. The van der Waals surface area contributed by atoms with Crippen molar-refractivity contribution in [3.8, 4) is 22.6 Å². The summed E-state index contributed by atoms with van der Waals surface area (Å²) in [5, 5.41) is 0. The third-order valence-electron chi connectivity index (χ3n) is 6.45. The average molecular weight is 370 g/mol. The maximum Gasteiger partial charge on any atom is 0.131 e. The SMILES string of the molecule is NC(N)c1ccc(-c2ccc3c(c2)C2(CCCCC2)c2ccccc2O3)cc1. The van der Waals surface area contributed by atoms with Gasteiger partial charge in [0.1, 0.15) is 11.5 Å². The molecule has 0 atom stereocenters. The van der Waals surface area contributed by atoms with Gasteiger partial charge >= 0.3 is 0 Å². The number of fused-ring (bicyclic) bond motifs is 4. The number of benzene rings is 3. The predicted octanol–water partition coefficient (Wildman–Crippen LogP) is 5.63. The van der Waals surface area contributed by atoms with Crippen molar-refractivity contribution in [1.82, 2.24) is 0 Å². The minimum absolute atomic E-state index is 0.0675. The molecule has 0 bridgehead atoms. The normalized spacial score (nSPS) is 17.1. The van der Waals surface area contributed by atoms with Gasteiger partial charge in [-0.05, 0) is 47.7 Å². The Morgan fingerprint density at radius 1 is 0.714 bits per heavy atom. The van der Waals surface area contributed by atoms with E-state index in [2.05, 4.69) is 54.6 Å². The maximum atomic E-state index is 6.31. The van der Waals surface area contributed by atoms with Gasteiger partial charge in [-0.1, -0.05) is 67.8 Å². The molecule has 0 unspecified atom stereocenters. The first-order chi connectivity index (χ1) is 13.7. The van der Waals surface area contributed by atoms with Crippen LogP contribution in [0.4, 0.5) is 0 Å². The second-order valence-electron chi connectivity index (χ2n) is 8.10.